The van der Waals surface area contributed by atoms with Crippen molar-refractivity contribution in [2.75, 3.05) is 11.4 Å². The predicted octanol–water partition coefficient (Wildman–Crippen LogP) is 0.439. The number of rotatable bonds is 2. The van der Waals surface area contributed by atoms with E-state index in [1.165, 1.54) is 23.1 Å². The van der Waals surface area contributed by atoms with Crippen LogP contribution >= 0.6 is 11.6 Å². The minimum absolute atomic E-state index is 0.0626. The normalized spacial score (nSPS) is 20.4. The van der Waals surface area contributed by atoms with Crippen LogP contribution in [-0.2, 0) is 14.8 Å². The van der Waals surface area contributed by atoms with Crippen LogP contribution in [0.25, 0.3) is 0 Å². The number of carbonyl (C=O) groups excluding carboxylic acids is 1. The predicted molar refractivity (Wildman–Crippen MR) is 67.0 cm³/mol. The summed E-state index contributed by atoms with van der Waals surface area (Å²) in [7, 11) is -3.77. The molecule has 1 amide bonds. The molecule has 0 spiro atoms. The molecule has 98 valence electrons. The highest BCUT2D eigenvalue weighted by atomic mass is 35.5. The Kier molecular flexibility index (Phi) is 3.22. The molecular weight excluding hydrogens is 280 g/mol. The summed E-state index contributed by atoms with van der Waals surface area (Å²) in [5.41, 5.74) is 0.232. The van der Waals surface area contributed by atoms with Gasteiger partial charge in [0.1, 0.15) is 11.0 Å². The molecule has 0 bridgehead atoms. The quantitative estimate of drug-likeness (QED) is 0.825. The number of sulfonamides is 1. The van der Waals surface area contributed by atoms with Gasteiger partial charge >= 0.3 is 0 Å². The van der Waals surface area contributed by atoms with Crippen LogP contribution in [0, 0.1) is 0 Å². The van der Waals surface area contributed by atoms with E-state index < -0.39 is 21.2 Å². The van der Waals surface area contributed by atoms with Crippen LogP contribution in [-0.4, -0.2) is 31.2 Å². The third kappa shape index (κ3) is 2.43. The molecule has 1 aliphatic rings. The maximum absolute atomic E-state index is 11.7. The van der Waals surface area contributed by atoms with Gasteiger partial charge in [-0.15, -0.1) is 0 Å². The fourth-order valence-corrected chi connectivity index (χ4v) is 2.75. The molecule has 1 fully saturated rings. The number of carbonyl (C=O) groups is 1. The van der Waals surface area contributed by atoms with Gasteiger partial charge in [-0.1, -0.05) is 11.6 Å². The van der Waals surface area contributed by atoms with Gasteiger partial charge < -0.3 is 10.0 Å². The van der Waals surface area contributed by atoms with Gasteiger partial charge in [-0.2, -0.15) is 0 Å². The minimum atomic E-state index is -3.77. The first-order valence-electron chi connectivity index (χ1n) is 5.09. The molecule has 0 aliphatic carbocycles. The summed E-state index contributed by atoms with van der Waals surface area (Å²) in [4.78, 5) is 12.9. The molecule has 18 heavy (non-hydrogen) atoms. The summed E-state index contributed by atoms with van der Waals surface area (Å²) in [6.07, 6.45) is -0.180. The van der Waals surface area contributed by atoms with E-state index in [2.05, 4.69) is 0 Å². The Morgan fingerprint density at radius 2 is 2.11 bits per heavy atom. The second kappa shape index (κ2) is 4.42. The topological polar surface area (TPSA) is 101 Å². The third-order valence-electron chi connectivity index (χ3n) is 2.78. The van der Waals surface area contributed by atoms with E-state index in [1.807, 2.05) is 0 Å². The molecule has 1 unspecified atom stereocenters. The van der Waals surface area contributed by atoms with E-state index >= 15 is 0 Å². The molecule has 1 saturated heterocycles. The summed E-state index contributed by atoms with van der Waals surface area (Å²) in [5.74, 6) is -0.572. The largest absolute Gasteiger partial charge is 0.506 e. The standard InChI is InChI=1S/C10H11ClN2O4S/c11-6-1-2-8(9(14)3-6)13-5-7(4-10(13)15)18(12,16)17/h1-3,7,14H,4-5H2,(H2,12,16,17). The van der Waals surface area contributed by atoms with Crippen LogP contribution in [0.2, 0.25) is 5.02 Å². The number of phenols is 1. The molecular formula is C10H11ClN2O4S. The zero-order valence-electron chi connectivity index (χ0n) is 9.21. The van der Waals surface area contributed by atoms with Gasteiger partial charge in [0.2, 0.25) is 15.9 Å². The lowest BCUT2D eigenvalue weighted by Gasteiger charge is -2.17. The molecule has 1 aliphatic heterocycles. The maximum atomic E-state index is 11.7. The lowest BCUT2D eigenvalue weighted by Crippen LogP contribution is -2.32. The summed E-state index contributed by atoms with van der Waals surface area (Å²) >= 11 is 5.68. The molecule has 0 aromatic heterocycles. The van der Waals surface area contributed by atoms with E-state index in [9.17, 15) is 18.3 Å². The molecule has 1 atom stereocenters. The van der Waals surface area contributed by atoms with Crippen LogP contribution in [0.1, 0.15) is 6.42 Å². The van der Waals surface area contributed by atoms with Crippen LogP contribution < -0.4 is 10.0 Å². The number of amides is 1. The Morgan fingerprint density at radius 3 is 2.61 bits per heavy atom. The van der Waals surface area contributed by atoms with Crippen molar-refractivity contribution in [1.29, 1.82) is 0 Å². The molecule has 6 nitrogen and oxygen atoms in total. The molecule has 3 N–H and O–H groups in total. The van der Waals surface area contributed by atoms with Crippen molar-refractivity contribution in [1.82, 2.24) is 0 Å². The van der Waals surface area contributed by atoms with Gasteiger partial charge in [0.25, 0.3) is 0 Å². The fraction of sp³-hybridized carbons (Fsp3) is 0.300. The number of nitrogens with two attached hydrogens (primary N) is 1. The number of hydrogen-bond acceptors (Lipinski definition) is 4. The van der Waals surface area contributed by atoms with Crippen molar-refractivity contribution in [2.45, 2.75) is 11.7 Å². The van der Waals surface area contributed by atoms with Gasteiger partial charge in [-0.05, 0) is 12.1 Å². The third-order valence-corrected chi connectivity index (χ3v) is 4.26. The second-order valence-electron chi connectivity index (χ2n) is 4.05. The maximum Gasteiger partial charge on any atom is 0.228 e. The Labute approximate surface area is 109 Å². The van der Waals surface area contributed by atoms with E-state index in [-0.39, 0.29) is 24.4 Å². The zero-order chi connectivity index (χ0) is 13.5. The summed E-state index contributed by atoms with van der Waals surface area (Å²) in [5, 5.41) is 14.1. The Balaban J connectivity index is 2.33. The van der Waals surface area contributed by atoms with E-state index in [1.54, 1.807) is 0 Å². The number of primary sulfonamides is 1. The molecule has 1 heterocycles. The molecule has 2 rings (SSSR count). The van der Waals surface area contributed by atoms with Crippen molar-refractivity contribution in [3.63, 3.8) is 0 Å². The highest BCUT2D eigenvalue weighted by molar-refractivity contribution is 7.89. The number of anilines is 1. The average Bonchev–Trinajstić information content (AvgIpc) is 2.60. The van der Waals surface area contributed by atoms with E-state index in [4.69, 9.17) is 16.7 Å². The van der Waals surface area contributed by atoms with Crippen LogP contribution in [0.5, 0.6) is 5.75 Å². The second-order valence-corrected chi connectivity index (χ2v) is 6.33. The number of nitrogens with zero attached hydrogens (tertiary/aromatic N) is 1. The zero-order valence-corrected chi connectivity index (χ0v) is 10.8. The van der Waals surface area contributed by atoms with Crippen LogP contribution in [0.3, 0.4) is 0 Å². The Bertz CT molecular complexity index is 602. The number of phenolic OH excluding ortho intramolecular Hbond substituents is 1. The summed E-state index contributed by atoms with van der Waals surface area (Å²) in [6, 6.07) is 4.25. The average molecular weight is 291 g/mol. The number of aromatic hydroxyl groups is 1. The van der Waals surface area contributed by atoms with E-state index in [0.717, 1.165) is 0 Å². The number of halogens is 1. The molecule has 1 aromatic carbocycles. The lowest BCUT2D eigenvalue weighted by molar-refractivity contribution is -0.117. The van der Waals surface area contributed by atoms with Gasteiger partial charge in [-0.25, -0.2) is 13.6 Å². The molecule has 0 saturated carbocycles. The highest BCUT2D eigenvalue weighted by Crippen LogP contribution is 2.33. The van der Waals surface area contributed by atoms with Gasteiger partial charge in [0.15, 0.2) is 0 Å². The molecule has 1 aromatic rings. The number of benzene rings is 1. The summed E-state index contributed by atoms with van der Waals surface area (Å²) in [6.45, 7) is -0.0626. The minimum Gasteiger partial charge on any atom is -0.506 e. The van der Waals surface area contributed by atoms with Crippen molar-refractivity contribution >= 4 is 33.2 Å². The number of hydrogen-bond donors (Lipinski definition) is 2. The van der Waals surface area contributed by atoms with Gasteiger partial charge in [0, 0.05) is 24.1 Å². The first-order chi connectivity index (χ1) is 8.29. The van der Waals surface area contributed by atoms with Crippen molar-refractivity contribution in [2.24, 2.45) is 5.14 Å². The first-order valence-corrected chi connectivity index (χ1v) is 7.08. The van der Waals surface area contributed by atoms with Crippen molar-refractivity contribution in [3.8, 4) is 5.75 Å². The van der Waals surface area contributed by atoms with Crippen LogP contribution in [0.4, 0.5) is 5.69 Å². The lowest BCUT2D eigenvalue weighted by atomic mass is 10.2. The Hall–Kier alpha value is -1.31. The first kappa shape index (κ1) is 13.1. The van der Waals surface area contributed by atoms with Gasteiger partial charge in [0.05, 0.1) is 5.69 Å². The fourth-order valence-electron chi connectivity index (χ4n) is 1.85. The smallest absolute Gasteiger partial charge is 0.228 e. The molecule has 0 radical (unpaired) electrons. The van der Waals surface area contributed by atoms with Gasteiger partial charge in [-0.3, -0.25) is 4.79 Å². The van der Waals surface area contributed by atoms with Crippen molar-refractivity contribution in [3.05, 3.63) is 23.2 Å². The summed E-state index contributed by atoms with van der Waals surface area (Å²) < 4.78 is 22.4. The highest BCUT2D eigenvalue weighted by Gasteiger charge is 2.37. The Morgan fingerprint density at radius 1 is 1.44 bits per heavy atom. The SMILES string of the molecule is NS(=O)(=O)C1CC(=O)N(c2ccc(Cl)cc2O)C1. The molecule has 8 heteroatoms. The van der Waals surface area contributed by atoms with Crippen LogP contribution in [0.15, 0.2) is 18.2 Å². The van der Waals surface area contributed by atoms with E-state index in [0.29, 0.717) is 5.02 Å². The monoisotopic (exact) mass is 290 g/mol. The van der Waals surface area contributed by atoms with Crippen molar-refractivity contribution < 1.29 is 18.3 Å².